The van der Waals surface area contributed by atoms with Gasteiger partial charge < -0.3 is 25.6 Å². The summed E-state index contributed by atoms with van der Waals surface area (Å²) in [5, 5.41) is 27.2. The van der Waals surface area contributed by atoms with Crippen LogP contribution in [0, 0.1) is 3.57 Å². The quantitative estimate of drug-likeness (QED) is 0.255. The number of halogens is 2. The molecule has 174 valence electrons. The molecule has 4 atom stereocenters. The Hall–Kier alpha value is -2.06. The molecule has 1 aliphatic heterocycles. The summed E-state index contributed by atoms with van der Waals surface area (Å²) in [4.78, 5) is 25.4. The summed E-state index contributed by atoms with van der Waals surface area (Å²) < 4.78 is 8.36. The molecule has 0 radical (unpaired) electrons. The highest BCUT2D eigenvalue weighted by molar-refractivity contribution is 14.1. The van der Waals surface area contributed by atoms with Crippen LogP contribution in [0.2, 0.25) is 5.28 Å². The Morgan fingerprint density at radius 3 is 2.82 bits per heavy atom. The predicted molar refractivity (Wildman–Crippen MR) is 129 cm³/mol. The number of carbonyl (C=O) groups excluding carboxylic acids is 1. The van der Waals surface area contributed by atoms with E-state index in [-0.39, 0.29) is 11.3 Å². The van der Waals surface area contributed by atoms with E-state index in [1.165, 1.54) is 10.9 Å². The molecule has 5 rings (SSSR count). The Kier molecular flexibility index (Phi) is 6.40. The second-order valence-corrected chi connectivity index (χ2v) is 9.80. The van der Waals surface area contributed by atoms with Gasteiger partial charge in [0.25, 0.3) is 5.91 Å². The molecule has 4 N–H and O–H groups in total. The minimum Gasteiger partial charge on any atom is -0.387 e. The fourth-order valence-electron chi connectivity index (χ4n) is 3.97. The summed E-state index contributed by atoms with van der Waals surface area (Å²) in [6.07, 6.45) is -0.695. The van der Waals surface area contributed by atoms with Crippen molar-refractivity contribution in [1.29, 1.82) is 0 Å². The maximum atomic E-state index is 12.5. The van der Waals surface area contributed by atoms with Gasteiger partial charge in [0.15, 0.2) is 29.3 Å². The van der Waals surface area contributed by atoms with Gasteiger partial charge in [-0.05, 0) is 71.2 Å². The Morgan fingerprint density at radius 1 is 1.27 bits per heavy atom. The van der Waals surface area contributed by atoms with Crippen molar-refractivity contribution < 1.29 is 19.7 Å². The van der Waals surface area contributed by atoms with Gasteiger partial charge in [-0.2, -0.15) is 9.97 Å². The molecule has 0 spiro atoms. The van der Waals surface area contributed by atoms with Crippen LogP contribution in [0.4, 0.5) is 5.82 Å². The summed E-state index contributed by atoms with van der Waals surface area (Å²) in [6.45, 7) is 0.497. The van der Waals surface area contributed by atoms with Crippen molar-refractivity contribution in [3.63, 3.8) is 0 Å². The van der Waals surface area contributed by atoms with Crippen LogP contribution in [0.15, 0.2) is 30.6 Å². The fourth-order valence-corrected chi connectivity index (χ4v) is 4.75. The summed E-state index contributed by atoms with van der Waals surface area (Å²) in [5.41, 5.74) is 1.80. The summed E-state index contributed by atoms with van der Waals surface area (Å²) in [5.74, 6) is -0.0133. The van der Waals surface area contributed by atoms with E-state index in [1.54, 1.807) is 0 Å². The number of amides is 1. The smallest absolute Gasteiger partial charge is 0.252 e. The largest absolute Gasteiger partial charge is 0.387 e. The number of carbonyl (C=O) groups is 1. The van der Waals surface area contributed by atoms with Crippen molar-refractivity contribution in [1.82, 2.24) is 24.8 Å². The highest BCUT2D eigenvalue weighted by Crippen LogP contribution is 2.33. The van der Waals surface area contributed by atoms with E-state index in [2.05, 4.69) is 48.2 Å². The van der Waals surface area contributed by atoms with Gasteiger partial charge in [-0.3, -0.25) is 9.36 Å². The monoisotopic (exact) mass is 584 g/mol. The highest BCUT2D eigenvalue weighted by atomic mass is 127. The fraction of sp³-hybridized carbons (Fsp3) is 0.429. The lowest BCUT2D eigenvalue weighted by Gasteiger charge is -2.28. The van der Waals surface area contributed by atoms with Crippen LogP contribution in [0.1, 0.15) is 31.1 Å². The average molecular weight is 585 g/mol. The molecule has 1 amide bonds. The zero-order valence-corrected chi connectivity index (χ0v) is 20.3. The number of rotatable bonds is 6. The maximum absolute atomic E-state index is 12.5. The van der Waals surface area contributed by atoms with Crippen molar-refractivity contribution in [3.8, 4) is 0 Å². The van der Waals surface area contributed by atoms with Crippen LogP contribution in [0.5, 0.6) is 0 Å². The molecule has 10 nitrogen and oxygen atoms in total. The van der Waals surface area contributed by atoms with E-state index in [1.807, 2.05) is 24.3 Å². The van der Waals surface area contributed by atoms with Crippen LogP contribution < -0.4 is 10.6 Å². The first-order valence-electron chi connectivity index (χ1n) is 10.6. The van der Waals surface area contributed by atoms with Gasteiger partial charge in [-0.25, -0.2) is 4.98 Å². The molecular formula is C21H22ClIN6O4. The average Bonchev–Trinajstić information content (AvgIpc) is 3.30. The van der Waals surface area contributed by atoms with Gasteiger partial charge in [0.1, 0.15) is 12.2 Å². The lowest BCUT2D eigenvalue weighted by Crippen LogP contribution is -2.48. The first-order valence-corrected chi connectivity index (χ1v) is 12.1. The molecule has 3 aromatic rings. The number of nitrogens with zero attached hydrogens (tertiary/aromatic N) is 4. The van der Waals surface area contributed by atoms with Crippen LogP contribution >= 0.6 is 34.2 Å². The number of fused-ring (bicyclic) bond motifs is 1. The van der Waals surface area contributed by atoms with Gasteiger partial charge >= 0.3 is 0 Å². The van der Waals surface area contributed by atoms with Gasteiger partial charge in [0.05, 0.1) is 6.33 Å². The number of benzene rings is 1. The first-order chi connectivity index (χ1) is 15.9. The van der Waals surface area contributed by atoms with E-state index in [0.717, 1.165) is 28.4 Å². The summed E-state index contributed by atoms with van der Waals surface area (Å²) >= 11 is 8.42. The zero-order chi connectivity index (χ0) is 23.1. The SMILES string of the molecule is O=C(NC1CCC1)C1OC(n2cnc3c(NCc4cccc(I)c4)nc(Cl)nc32)C(O)C1O. The number of ether oxygens (including phenoxy) is 1. The zero-order valence-electron chi connectivity index (χ0n) is 17.4. The van der Waals surface area contributed by atoms with E-state index in [9.17, 15) is 15.0 Å². The molecule has 1 aliphatic carbocycles. The molecule has 33 heavy (non-hydrogen) atoms. The minimum absolute atomic E-state index is 0.0123. The third-order valence-corrected chi connectivity index (χ3v) is 6.81. The van der Waals surface area contributed by atoms with Crippen molar-refractivity contribution in [2.24, 2.45) is 0 Å². The molecule has 2 fully saturated rings. The van der Waals surface area contributed by atoms with Gasteiger partial charge in [-0.1, -0.05) is 12.1 Å². The normalized spacial score (nSPS) is 25.2. The summed E-state index contributed by atoms with van der Waals surface area (Å²) in [6, 6.07) is 8.11. The maximum Gasteiger partial charge on any atom is 0.252 e. The van der Waals surface area contributed by atoms with E-state index < -0.39 is 30.4 Å². The van der Waals surface area contributed by atoms with Crippen molar-refractivity contribution in [3.05, 3.63) is 45.0 Å². The minimum atomic E-state index is -1.39. The second-order valence-electron chi connectivity index (χ2n) is 8.21. The number of hydrogen-bond acceptors (Lipinski definition) is 8. The Balaban J connectivity index is 1.39. The lowest BCUT2D eigenvalue weighted by molar-refractivity contribution is -0.138. The molecule has 1 saturated heterocycles. The third-order valence-electron chi connectivity index (χ3n) is 5.97. The van der Waals surface area contributed by atoms with Gasteiger partial charge in [-0.15, -0.1) is 0 Å². The van der Waals surface area contributed by atoms with Crippen LogP contribution in [-0.4, -0.2) is 60.0 Å². The second kappa shape index (κ2) is 9.29. The number of anilines is 1. The number of aromatic nitrogens is 4. The molecule has 12 heteroatoms. The van der Waals surface area contributed by atoms with Gasteiger partial charge in [0, 0.05) is 16.2 Å². The molecule has 1 saturated carbocycles. The van der Waals surface area contributed by atoms with Crippen molar-refractivity contribution in [2.45, 2.75) is 56.4 Å². The Labute approximate surface area is 207 Å². The van der Waals surface area contributed by atoms with Crippen LogP contribution in [-0.2, 0) is 16.1 Å². The number of nitrogens with one attached hydrogen (secondary N) is 2. The molecule has 3 heterocycles. The third kappa shape index (κ3) is 4.52. The van der Waals surface area contributed by atoms with Crippen LogP contribution in [0.3, 0.4) is 0 Å². The Bertz CT molecular complexity index is 1190. The molecule has 0 bridgehead atoms. The van der Waals surface area contributed by atoms with Crippen molar-refractivity contribution in [2.75, 3.05) is 5.32 Å². The predicted octanol–water partition coefficient (Wildman–Crippen LogP) is 1.98. The van der Waals surface area contributed by atoms with E-state index in [4.69, 9.17) is 16.3 Å². The molecule has 4 unspecified atom stereocenters. The van der Waals surface area contributed by atoms with E-state index >= 15 is 0 Å². The number of imidazole rings is 1. The standard InChI is InChI=1S/C21H22ClIN6O4/c22-21-27-17(24-8-10-3-1-4-11(23)7-10)13-18(28-21)29(9-25-13)20-15(31)14(30)16(33-20)19(32)26-12-5-2-6-12/h1,3-4,7,9,12,14-16,20,30-31H,2,5-6,8H2,(H,26,32)(H,24,27,28). The molecular weight excluding hydrogens is 563 g/mol. The lowest BCUT2D eigenvalue weighted by atomic mass is 9.93. The Morgan fingerprint density at radius 2 is 2.09 bits per heavy atom. The number of hydrogen-bond donors (Lipinski definition) is 4. The van der Waals surface area contributed by atoms with E-state index in [0.29, 0.717) is 23.5 Å². The molecule has 1 aromatic carbocycles. The first kappa shape index (κ1) is 22.7. The summed E-state index contributed by atoms with van der Waals surface area (Å²) in [7, 11) is 0. The molecule has 2 aromatic heterocycles. The number of aliphatic hydroxyl groups excluding tert-OH is 2. The van der Waals surface area contributed by atoms with Gasteiger partial charge in [0.2, 0.25) is 5.28 Å². The topological polar surface area (TPSA) is 134 Å². The molecule has 2 aliphatic rings. The highest BCUT2D eigenvalue weighted by Gasteiger charge is 2.48. The van der Waals surface area contributed by atoms with Crippen molar-refractivity contribution >= 4 is 57.1 Å². The number of aliphatic hydroxyl groups is 2. The van der Waals surface area contributed by atoms with Crippen LogP contribution in [0.25, 0.3) is 11.2 Å².